The molecule has 330 valence electrons. The Bertz CT molecular complexity index is 2340. The van der Waals surface area contributed by atoms with E-state index >= 15 is 0 Å². The van der Waals surface area contributed by atoms with Crippen molar-refractivity contribution in [3.8, 4) is 0 Å². The Labute approximate surface area is 368 Å². The van der Waals surface area contributed by atoms with Gasteiger partial charge in [0.2, 0.25) is 23.7 Å². The maximum atomic E-state index is 12.9. The maximum Gasteiger partial charge on any atom is 0.317 e. The molecule has 4 aromatic rings. The lowest BCUT2D eigenvalue weighted by Gasteiger charge is -2.36. The van der Waals surface area contributed by atoms with E-state index in [4.69, 9.17) is 16.3 Å². The lowest BCUT2D eigenvalue weighted by Crippen LogP contribution is -2.52. The highest BCUT2D eigenvalue weighted by Crippen LogP contribution is 2.30. The van der Waals surface area contributed by atoms with Crippen LogP contribution in [0.1, 0.15) is 45.5 Å². The van der Waals surface area contributed by atoms with Gasteiger partial charge in [-0.25, -0.2) is 9.78 Å². The number of rotatable bonds is 17. The summed E-state index contributed by atoms with van der Waals surface area (Å²) in [5.74, 6) is -0.990. The first-order chi connectivity index (χ1) is 30.6. The zero-order valence-electron chi connectivity index (χ0n) is 34.7. The van der Waals surface area contributed by atoms with Crippen molar-refractivity contribution in [2.45, 2.75) is 31.8 Å². The van der Waals surface area contributed by atoms with E-state index in [-0.39, 0.29) is 55.7 Å². The molecule has 63 heavy (non-hydrogen) atoms. The Kier molecular flexibility index (Phi) is 14.6. The van der Waals surface area contributed by atoms with Gasteiger partial charge in [0.15, 0.2) is 5.82 Å². The Hall–Kier alpha value is -6.83. The van der Waals surface area contributed by atoms with Crippen molar-refractivity contribution in [2.75, 3.05) is 86.9 Å². The van der Waals surface area contributed by atoms with E-state index in [0.29, 0.717) is 97.3 Å². The number of benzene rings is 3. The zero-order valence-corrected chi connectivity index (χ0v) is 35.4. The Balaban J connectivity index is 0.740. The number of para-hydroxylation sites is 1. The largest absolute Gasteiger partial charge is 0.370 e. The summed E-state index contributed by atoms with van der Waals surface area (Å²) in [5, 5.41) is 20.6. The number of carbonyl (C=O) groups is 6. The fraction of sp³-hybridized carbons (Fsp3) is 0.349. The minimum Gasteiger partial charge on any atom is -0.370 e. The molecule has 7 rings (SSSR count). The van der Waals surface area contributed by atoms with Gasteiger partial charge in [-0.15, -0.1) is 0 Å². The molecule has 0 aliphatic carbocycles. The number of amides is 7. The number of piperidine rings is 1. The molecular formula is C43H49ClN12O7. The summed E-state index contributed by atoms with van der Waals surface area (Å²) >= 11 is 6.38. The second-order valence-corrected chi connectivity index (χ2v) is 15.4. The number of anilines is 6. The van der Waals surface area contributed by atoms with Gasteiger partial charge >= 0.3 is 6.03 Å². The Morgan fingerprint density at radius 3 is 2.48 bits per heavy atom. The Morgan fingerprint density at radius 2 is 1.70 bits per heavy atom. The van der Waals surface area contributed by atoms with Crippen molar-refractivity contribution in [2.24, 2.45) is 0 Å². The fourth-order valence-electron chi connectivity index (χ4n) is 7.42. The number of piperazine rings is 1. The predicted molar refractivity (Wildman–Crippen MR) is 236 cm³/mol. The van der Waals surface area contributed by atoms with Gasteiger partial charge < -0.3 is 51.3 Å². The number of carbonyl (C=O) groups excluding carboxylic acids is 6. The van der Waals surface area contributed by atoms with E-state index in [2.05, 4.69) is 52.1 Å². The van der Waals surface area contributed by atoms with Crippen molar-refractivity contribution < 1.29 is 33.5 Å². The quantitative estimate of drug-likeness (QED) is 0.0598. The number of ether oxygens (including phenoxy) is 1. The predicted octanol–water partition coefficient (Wildman–Crippen LogP) is 3.20. The molecule has 19 nitrogen and oxygen atoms in total. The van der Waals surface area contributed by atoms with Crippen LogP contribution in [-0.4, -0.2) is 127 Å². The van der Waals surface area contributed by atoms with Gasteiger partial charge in [0.1, 0.15) is 17.7 Å². The molecule has 1 aromatic heterocycles. The van der Waals surface area contributed by atoms with Crippen molar-refractivity contribution in [1.82, 2.24) is 41.0 Å². The number of halogens is 1. The number of hydrogen-bond donors (Lipinski definition) is 7. The lowest BCUT2D eigenvalue weighted by molar-refractivity contribution is -0.137. The minimum atomic E-state index is -0.702. The topological polar surface area (TPSA) is 231 Å². The van der Waals surface area contributed by atoms with Crippen LogP contribution in [-0.2, 0) is 25.7 Å². The molecule has 1 unspecified atom stereocenters. The molecule has 2 saturated heterocycles. The summed E-state index contributed by atoms with van der Waals surface area (Å²) in [6.07, 6.45) is 2.67. The van der Waals surface area contributed by atoms with Gasteiger partial charge in [-0.1, -0.05) is 23.7 Å². The van der Waals surface area contributed by atoms with Crippen LogP contribution in [0.5, 0.6) is 0 Å². The molecule has 4 heterocycles. The van der Waals surface area contributed by atoms with Crippen LogP contribution in [0.4, 0.5) is 39.3 Å². The van der Waals surface area contributed by atoms with Crippen LogP contribution in [0.15, 0.2) is 72.9 Å². The molecule has 3 aliphatic heterocycles. The highest BCUT2D eigenvalue weighted by Gasteiger charge is 2.39. The molecule has 0 saturated carbocycles. The average Bonchev–Trinajstić information content (AvgIpc) is 3.61. The first-order valence-electron chi connectivity index (χ1n) is 20.7. The first-order valence-corrected chi connectivity index (χ1v) is 21.1. The van der Waals surface area contributed by atoms with Gasteiger partial charge in [0.05, 0.1) is 24.1 Å². The van der Waals surface area contributed by atoms with Crippen molar-refractivity contribution in [3.63, 3.8) is 0 Å². The van der Waals surface area contributed by atoms with Crippen molar-refractivity contribution >= 4 is 81.7 Å². The smallest absolute Gasteiger partial charge is 0.317 e. The van der Waals surface area contributed by atoms with Crippen molar-refractivity contribution in [3.05, 3.63) is 94.6 Å². The summed E-state index contributed by atoms with van der Waals surface area (Å²) in [7, 11) is 1.57. The minimum absolute atomic E-state index is 0.0981. The molecule has 3 aliphatic rings. The van der Waals surface area contributed by atoms with E-state index in [1.54, 1.807) is 43.4 Å². The molecule has 0 bridgehead atoms. The van der Waals surface area contributed by atoms with E-state index in [1.165, 1.54) is 11.1 Å². The van der Waals surface area contributed by atoms with Crippen LogP contribution in [0, 0.1) is 0 Å². The molecule has 20 heteroatoms. The first kappa shape index (κ1) is 44.2. The monoisotopic (exact) mass is 880 g/mol. The normalized spacial score (nSPS) is 16.0. The van der Waals surface area contributed by atoms with Crippen LogP contribution in [0.3, 0.4) is 0 Å². The molecule has 2 fully saturated rings. The summed E-state index contributed by atoms with van der Waals surface area (Å²) < 4.78 is 5.51. The summed E-state index contributed by atoms with van der Waals surface area (Å²) in [4.78, 5) is 88.7. The SMILES string of the molecule is CNC(=O)c1ccccc1Nc1nc(Nc2ccc(N3CCN(C(=O)NCCCNCCOCC(=O)Nc4ccc5c(c4)CN(C4CCC(=O)NC4=O)C5=O)CC3)cc2)ncc1Cl. The van der Waals surface area contributed by atoms with Crippen LogP contribution in [0.25, 0.3) is 0 Å². The highest BCUT2D eigenvalue weighted by atomic mass is 35.5. The number of nitrogens with one attached hydrogen (secondary N) is 7. The molecular weight excluding hydrogens is 832 g/mol. The lowest BCUT2D eigenvalue weighted by atomic mass is 10.0. The molecule has 1 atom stereocenters. The molecule has 0 radical (unpaired) electrons. The molecule has 7 amide bonds. The van der Waals surface area contributed by atoms with Crippen LogP contribution >= 0.6 is 11.6 Å². The van der Waals surface area contributed by atoms with Gasteiger partial charge in [0, 0.05) is 81.9 Å². The average molecular weight is 881 g/mol. The van der Waals surface area contributed by atoms with Crippen LogP contribution < -0.4 is 42.1 Å². The maximum absolute atomic E-state index is 12.9. The van der Waals surface area contributed by atoms with Gasteiger partial charge in [-0.05, 0) is 79.5 Å². The van der Waals surface area contributed by atoms with Gasteiger partial charge in [-0.3, -0.25) is 29.3 Å². The van der Waals surface area contributed by atoms with Gasteiger partial charge in [-0.2, -0.15) is 4.98 Å². The number of hydrogen-bond acceptors (Lipinski definition) is 13. The van der Waals surface area contributed by atoms with E-state index in [9.17, 15) is 28.8 Å². The standard InChI is InChI=1S/C43H49ClN12O7/c1-45-39(59)32-5-2-3-6-34(32)51-38-33(44)24-48-42(53-38)50-28-7-10-30(11-8-28)54-18-20-55(21-19-54)43(62)47-16-4-15-46-17-22-63-26-37(58)49-29-9-12-31-27(23-29)25-56(41(31)61)35-13-14-36(57)52-40(35)60/h2-3,5-12,23-24,35,46H,4,13-22,25-26H2,1H3,(H,45,59)(H,47,62)(H,49,58)(H,52,57,60)(H2,48,50,51,53). The number of fused-ring (bicyclic) bond motifs is 1. The number of imide groups is 1. The number of aromatic nitrogens is 2. The summed E-state index contributed by atoms with van der Waals surface area (Å²) in [6.45, 7) is 4.63. The molecule has 0 spiro atoms. The fourth-order valence-corrected chi connectivity index (χ4v) is 7.56. The summed E-state index contributed by atoms with van der Waals surface area (Å²) in [6, 6.07) is 19.1. The second kappa shape index (κ2) is 20.8. The Morgan fingerprint density at radius 1 is 0.921 bits per heavy atom. The molecule has 7 N–H and O–H groups in total. The van der Waals surface area contributed by atoms with Gasteiger partial charge in [0.25, 0.3) is 11.8 Å². The van der Waals surface area contributed by atoms with E-state index < -0.39 is 11.9 Å². The third-order valence-corrected chi connectivity index (χ3v) is 11.0. The molecule has 3 aromatic carbocycles. The third-order valence-electron chi connectivity index (χ3n) is 10.7. The third kappa shape index (κ3) is 11.4. The number of urea groups is 1. The second-order valence-electron chi connectivity index (χ2n) is 15.0. The highest BCUT2D eigenvalue weighted by molar-refractivity contribution is 6.33. The van der Waals surface area contributed by atoms with Crippen molar-refractivity contribution in [1.29, 1.82) is 0 Å². The number of nitrogens with zero attached hydrogens (tertiary/aromatic N) is 5. The zero-order chi connectivity index (χ0) is 44.3. The van der Waals surface area contributed by atoms with Crippen LogP contribution in [0.2, 0.25) is 5.02 Å². The van der Waals surface area contributed by atoms with E-state index in [0.717, 1.165) is 17.8 Å². The summed E-state index contributed by atoms with van der Waals surface area (Å²) in [5.41, 5.74) is 4.49. The van der Waals surface area contributed by atoms with E-state index in [1.807, 2.05) is 35.2 Å².